The maximum absolute atomic E-state index is 12.6. The van der Waals surface area contributed by atoms with Crippen LogP contribution in [0, 0.1) is 0 Å². The molecule has 0 fully saturated rings. The van der Waals surface area contributed by atoms with Crippen LogP contribution in [-0.4, -0.2) is 59.9 Å². The Hall–Kier alpha value is -2.04. The summed E-state index contributed by atoms with van der Waals surface area (Å²) in [7, 11) is -4.71. The van der Waals surface area contributed by atoms with E-state index in [2.05, 4.69) is 42.7 Å². The van der Waals surface area contributed by atoms with Gasteiger partial charge in [0.15, 0.2) is 6.10 Å². The number of phosphoric acid groups is 1. The molecule has 3 unspecified atom stereocenters. The highest BCUT2D eigenvalue weighted by molar-refractivity contribution is 7.47. The molecule has 11 nitrogen and oxygen atoms in total. The molecule has 0 amide bonds. The lowest BCUT2D eigenvalue weighted by Crippen LogP contribution is -2.34. The summed E-state index contributed by atoms with van der Waals surface area (Å²) in [6, 6.07) is -1.52. The van der Waals surface area contributed by atoms with Crippen LogP contribution in [0.4, 0.5) is 0 Å². The first-order valence-electron chi connectivity index (χ1n) is 21.4. The first-order chi connectivity index (χ1) is 26.1. The number of aliphatic carboxylic acids is 1. The summed E-state index contributed by atoms with van der Waals surface area (Å²) in [4.78, 5) is 45.9. The Bertz CT molecular complexity index is 1020. The molecule has 54 heavy (non-hydrogen) atoms. The van der Waals surface area contributed by atoms with Gasteiger partial charge in [-0.3, -0.25) is 23.4 Å². The number of hydrogen-bond acceptors (Lipinski definition) is 9. The molecule has 3 atom stereocenters. The third kappa shape index (κ3) is 36.9. The molecule has 0 aliphatic carbocycles. The van der Waals surface area contributed by atoms with Crippen LogP contribution in [0.5, 0.6) is 0 Å². The van der Waals surface area contributed by atoms with E-state index in [1.165, 1.54) is 89.9 Å². The number of ether oxygens (including phenoxy) is 2. The second-order valence-electron chi connectivity index (χ2n) is 14.5. The minimum Gasteiger partial charge on any atom is -0.480 e. The van der Waals surface area contributed by atoms with Crippen LogP contribution in [-0.2, 0) is 37.5 Å². The lowest BCUT2D eigenvalue weighted by atomic mass is 10.0. The van der Waals surface area contributed by atoms with E-state index in [9.17, 15) is 23.8 Å². The lowest BCUT2D eigenvalue weighted by molar-refractivity contribution is -0.161. The maximum Gasteiger partial charge on any atom is 0.472 e. The summed E-state index contributed by atoms with van der Waals surface area (Å²) in [6.45, 7) is 2.77. The molecule has 0 rings (SSSR count). The van der Waals surface area contributed by atoms with Gasteiger partial charge in [-0.25, -0.2) is 4.57 Å². The molecular formula is C42H78NO10P. The number of unbranched alkanes of at least 4 members (excludes halogenated alkanes) is 22. The fourth-order valence-corrected chi connectivity index (χ4v) is 6.58. The molecule has 12 heteroatoms. The van der Waals surface area contributed by atoms with Gasteiger partial charge in [-0.15, -0.1) is 0 Å². The number of carbonyl (C=O) groups is 3. The van der Waals surface area contributed by atoms with Crippen LogP contribution < -0.4 is 5.73 Å². The number of carboxylic acids is 1. The minimum atomic E-state index is -4.71. The molecule has 0 aromatic carbocycles. The van der Waals surface area contributed by atoms with Gasteiger partial charge in [0.1, 0.15) is 12.6 Å². The zero-order valence-corrected chi connectivity index (χ0v) is 35.0. The van der Waals surface area contributed by atoms with Crippen molar-refractivity contribution >= 4 is 25.7 Å². The molecule has 0 aromatic rings. The fraction of sp³-hybridized carbons (Fsp3) is 0.833. The molecule has 0 radical (unpaired) electrons. The van der Waals surface area contributed by atoms with E-state index in [0.29, 0.717) is 12.8 Å². The van der Waals surface area contributed by atoms with Crippen LogP contribution in [0.2, 0.25) is 0 Å². The van der Waals surface area contributed by atoms with Crippen molar-refractivity contribution in [1.82, 2.24) is 0 Å². The Balaban J connectivity index is 4.38. The van der Waals surface area contributed by atoms with Gasteiger partial charge in [-0.2, -0.15) is 0 Å². The Morgan fingerprint density at radius 1 is 0.574 bits per heavy atom. The second-order valence-corrected chi connectivity index (χ2v) is 15.9. The van der Waals surface area contributed by atoms with Crippen LogP contribution in [0.1, 0.15) is 194 Å². The highest BCUT2D eigenvalue weighted by Crippen LogP contribution is 2.43. The zero-order valence-electron chi connectivity index (χ0n) is 34.1. The number of carbonyl (C=O) groups excluding carboxylic acids is 2. The van der Waals surface area contributed by atoms with Crippen molar-refractivity contribution < 1.29 is 47.5 Å². The number of esters is 2. The Kier molecular flexibility index (Phi) is 36.4. The van der Waals surface area contributed by atoms with Crippen LogP contribution in [0.3, 0.4) is 0 Å². The van der Waals surface area contributed by atoms with Gasteiger partial charge in [0, 0.05) is 12.8 Å². The lowest BCUT2D eigenvalue weighted by Gasteiger charge is -2.20. The van der Waals surface area contributed by atoms with Crippen molar-refractivity contribution in [3.8, 4) is 0 Å². The maximum atomic E-state index is 12.6. The van der Waals surface area contributed by atoms with Gasteiger partial charge < -0.3 is 25.2 Å². The number of phosphoric ester groups is 1. The van der Waals surface area contributed by atoms with E-state index in [-0.39, 0.29) is 19.4 Å². The SMILES string of the molecule is CCCCCC=CCC=CCCCCCCCC(=O)OCC(COP(=O)(O)OCC(N)C(=O)O)OC(=O)CCCCCCCCCCCCCCCCC. The third-order valence-electron chi connectivity index (χ3n) is 9.20. The molecule has 0 saturated carbocycles. The molecule has 0 spiro atoms. The van der Waals surface area contributed by atoms with Crippen molar-refractivity contribution in [2.75, 3.05) is 19.8 Å². The number of rotatable bonds is 40. The molecule has 316 valence electrons. The smallest absolute Gasteiger partial charge is 0.472 e. The summed E-state index contributed by atoms with van der Waals surface area (Å²) in [5.74, 6) is -2.39. The van der Waals surface area contributed by atoms with Gasteiger partial charge >= 0.3 is 25.7 Å². The normalized spacial score (nSPS) is 14.0. The van der Waals surface area contributed by atoms with Gasteiger partial charge in [0.25, 0.3) is 0 Å². The number of carboxylic acid groups (broad SMARTS) is 1. The van der Waals surface area contributed by atoms with E-state index in [1.807, 2.05) is 0 Å². The summed E-state index contributed by atoms with van der Waals surface area (Å²) in [6.07, 6.45) is 38.1. The molecule has 0 aliphatic heterocycles. The molecule has 0 heterocycles. The molecular weight excluding hydrogens is 709 g/mol. The summed E-state index contributed by atoms with van der Waals surface area (Å²) in [5, 5.41) is 8.88. The topological polar surface area (TPSA) is 172 Å². The molecule has 0 aliphatic rings. The number of hydrogen-bond donors (Lipinski definition) is 3. The van der Waals surface area contributed by atoms with Crippen LogP contribution in [0.15, 0.2) is 24.3 Å². The molecule has 0 saturated heterocycles. The van der Waals surface area contributed by atoms with Gasteiger partial charge in [-0.1, -0.05) is 160 Å². The Morgan fingerprint density at radius 3 is 1.48 bits per heavy atom. The highest BCUT2D eigenvalue weighted by atomic mass is 31.2. The second kappa shape index (κ2) is 37.9. The van der Waals surface area contributed by atoms with Crippen LogP contribution in [0.25, 0.3) is 0 Å². The Morgan fingerprint density at radius 2 is 0.981 bits per heavy atom. The fourth-order valence-electron chi connectivity index (χ4n) is 5.80. The van der Waals surface area contributed by atoms with Crippen molar-refractivity contribution in [1.29, 1.82) is 0 Å². The van der Waals surface area contributed by atoms with Crippen molar-refractivity contribution in [2.45, 2.75) is 206 Å². The van der Waals surface area contributed by atoms with E-state index >= 15 is 0 Å². The van der Waals surface area contributed by atoms with Gasteiger partial charge in [0.05, 0.1) is 13.2 Å². The highest BCUT2D eigenvalue weighted by Gasteiger charge is 2.28. The van der Waals surface area contributed by atoms with Crippen molar-refractivity contribution in [3.63, 3.8) is 0 Å². The number of allylic oxidation sites excluding steroid dienone is 4. The predicted octanol–water partition coefficient (Wildman–Crippen LogP) is 11.1. The first kappa shape index (κ1) is 52.0. The summed E-state index contributed by atoms with van der Waals surface area (Å²) >= 11 is 0. The average Bonchev–Trinajstić information content (AvgIpc) is 3.14. The quantitative estimate of drug-likeness (QED) is 0.0233. The van der Waals surface area contributed by atoms with E-state index in [0.717, 1.165) is 64.2 Å². The minimum absolute atomic E-state index is 0.162. The van der Waals surface area contributed by atoms with Crippen molar-refractivity contribution in [3.05, 3.63) is 24.3 Å². The molecule has 0 aromatic heterocycles. The van der Waals surface area contributed by atoms with E-state index in [4.69, 9.17) is 24.8 Å². The standard InChI is InChI=1S/C42H78NO10P/c1-3-5-7-9-11-13-15-17-19-21-23-25-27-29-31-33-40(44)50-35-38(36-51-54(48,49)52-37-39(43)42(46)47)53-41(45)34-32-30-28-26-24-22-20-18-16-14-12-10-8-6-4-2/h11,13,17,19,38-39H,3-10,12,14-16,18,20-37,43H2,1-2H3,(H,46,47)(H,48,49). The van der Waals surface area contributed by atoms with Crippen LogP contribution >= 0.6 is 7.82 Å². The largest absolute Gasteiger partial charge is 0.480 e. The summed E-state index contributed by atoms with van der Waals surface area (Å²) < 4.78 is 32.7. The molecule has 0 bridgehead atoms. The first-order valence-corrected chi connectivity index (χ1v) is 22.9. The summed E-state index contributed by atoms with van der Waals surface area (Å²) in [5.41, 5.74) is 5.33. The average molecular weight is 788 g/mol. The number of nitrogens with two attached hydrogens (primary N) is 1. The van der Waals surface area contributed by atoms with E-state index in [1.54, 1.807) is 0 Å². The van der Waals surface area contributed by atoms with Gasteiger partial charge in [-0.05, 0) is 44.9 Å². The van der Waals surface area contributed by atoms with Crippen molar-refractivity contribution in [2.24, 2.45) is 5.73 Å². The molecule has 4 N–H and O–H groups in total. The Labute approximate surface area is 328 Å². The van der Waals surface area contributed by atoms with Gasteiger partial charge in [0.2, 0.25) is 0 Å². The monoisotopic (exact) mass is 788 g/mol. The van der Waals surface area contributed by atoms with E-state index < -0.39 is 51.1 Å². The predicted molar refractivity (Wildman–Crippen MR) is 217 cm³/mol. The zero-order chi connectivity index (χ0) is 40.0. The third-order valence-corrected chi connectivity index (χ3v) is 10.2.